The molecule has 18 heavy (non-hydrogen) atoms. The Morgan fingerprint density at radius 2 is 1.17 bits per heavy atom. The summed E-state index contributed by atoms with van der Waals surface area (Å²) in [7, 11) is 0. The summed E-state index contributed by atoms with van der Waals surface area (Å²) in [5.74, 6) is 0.440. The van der Waals surface area contributed by atoms with E-state index in [9.17, 15) is 5.11 Å². The molecular weight excluding hydrogens is 220 g/mol. The number of phenols is 1. The van der Waals surface area contributed by atoms with E-state index in [-0.39, 0.29) is 0 Å². The minimum absolute atomic E-state index is 0.440. The van der Waals surface area contributed by atoms with E-state index in [4.69, 9.17) is 0 Å². The van der Waals surface area contributed by atoms with E-state index in [1.807, 2.05) is 13.8 Å². The smallest absolute Gasteiger partial charge is 0.121 e. The van der Waals surface area contributed by atoms with Gasteiger partial charge in [0.25, 0.3) is 0 Å². The average Bonchev–Trinajstić information content (AvgIpc) is 2.28. The van der Waals surface area contributed by atoms with Crippen molar-refractivity contribution in [1.29, 1.82) is 0 Å². The van der Waals surface area contributed by atoms with Crippen molar-refractivity contribution in [3.05, 3.63) is 28.8 Å². The van der Waals surface area contributed by atoms with Crippen LogP contribution in [0.25, 0.3) is 0 Å². The largest absolute Gasteiger partial charge is 0.507 e. The molecule has 0 heterocycles. The molecule has 1 heteroatoms. The van der Waals surface area contributed by atoms with Crippen LogP contribution < -0.4 is 0 Å². The second-order valence-electron chi connectivity index (χ2n) is 4.74. The summed E-state index contributed by atoms with van der Waals surface area (Å²) in [6.07, 6.45) is 4.76. The van der Waals surface area contributed by atoms with Gasteiger partial charge < -0.3 is 5.11 Å². The minimum Gasteiger partial charge on any atom is -0.507 e. The lowest BCUT2D eigenvalue weighted by atomic mass is 10.0. The summed E-state index contributed by atoms with van der Waals surface area (Å²) in [5, 5.41) is 9.50. The van der Waals surface area contributed by atoms with Gasteiger partial charge in [0.05, 0.1) is 0 Å². The van der Waals surface area contributed by atoms with Crippen molar-refractivity contribution in [3.63, 3.8) is 0 Å². The van der Waals surface area contributed by atoms with E-state index in [2.05, 4.69) is 46.8 Å². The zero-order valence-electron chi connectivity index (χ0n) is 13.4. The summed E-state index contributed by atoms with van der Waals surface area (Å²) in [5.41, 5.74) is 3.29. The lowest BCUT2D eigenvalue weighted by Gasteiger charge is -2.06. The van der Waals surface area contributed by atoms with Crippen molar-refractivity contribution in [2.24, 2.45) is 0 Å². The van der Waals surface area contributed by atoms with Crippen molar-refractivity contribution < 1.29 is 5.11 Å². The second kappa shape index (κ2) is 12.5. The van der Waals surface area contributed by atoms with Crippen LogP contribution in [0.15, 0.2) is 12.1 Å². The van der Waals surface area contributed by atoms with Gasteiger partial charge >= 0.3 is 0 Å². The first-order chi connectivity index (χ1) is 8.48. The highest BCUT2D eigenvalue weighted by atomic mass is 16.3. The number of rotatable bonds is 2. The van der Waals surface area contributed by atoms with Crippen LogP contribution in [-0.4, -0.2) is 5.11 Å². The molecule has 0 fully saturated rings. The van der Waals surface area contributed by atoms with Crippen molar-refractivity contribution >= 4 is 0 Å². The van der Waals surface area contributed by atoms with Crippen molar-refractivity contribution in [3.8, 4) is 5.75 Å². The van der Waals surface area contributed by atoms with Gasteiger partial charge in [-0.3, -0.25) is 0 Å². The first-order valence-electron chi connectivity index (χ1n) is 7.27. The highest BCUT2D eigenvalue weighted by Crippen LogP contribution is 2.23. The van der Waals surface area contributed by atoms with Crippen LogP contribution in [-0.2, 0) is 6.42 Å². The van der Waals surface area contributed by atoms with Gasteiger partial charge in [0.1, 0.15) is 5.75 Å². The maximum atomic E-state index is 9.50. The maximum Gasteiger partial charge on any atom is 0.121 e. The van der Waals surface area contributed by atoms with E-state index in [0.717, 1.165) is 24.0 Å². The van der Waals surface area contributed by atoms with Gasteiger partial charge in [0.2, 0.25) is 0 Å². The molecule has 0 aliphatic heterocycles. The lowest BCUT2D eigenvalue weighted by molar-refractivity contribution is 0.466. The predicted molar refractivity (Wildman–Crippen MR) is 83.5 cm³/mol. The number of hydrogen-bond acceptors (Lipinski definition) is 1. The van der Waals surface area contributed by atoms with Gasteiger partial charge in [-0.15, -0.1) is 0 Å². The second-order valence-corrected chi connectivity index (χ2v) is 4.74. The van der Waals surface area contributed by atoms with E-state index >= 15 is 0 Å². The van der Waals surface area contributed by atoms with Crippen LogP contribution in [0.2, 0.25) is 0 Å². The summed E-state index contributed by atoms with van der Waals surface area (Å²) < 4.78 is 0. The minimum atomic E-state index is 0.440. The molecule has 1 aromatic rings. The molecule has 1 nitrogen and oxygen atoms in total. The Hall–Kier alpha value is -0.980. The average molecular weight is 252 g/mol. The van der Waals surface area contributed by atoms with Crippen LogP contribution in [0, 0.1) is 13.8 Å². The summed E-state index contributed by atoms with van der Waals surface area (Å²) >= 11 is 0. The van der Waals surface area contributed by atoms with Crippen LogP contribution in [0.4, 0.5) is 0 Å². The molecule has 0 aliphatic carbocycles. The Bertz CT molecular complexity index is 277. The molecule has 0 unspecified atom stereocenters. The normalized spacial score (nSPS) is 8.83. The third-order valence-corrected chi connectivity index (χ3v) is 2.09. The Labute approximate surface area is 114 Å². The van der Waals surface area contributed by atoms with Crippen LogP contribution >= 0.6 is 0 Å². The number of aryl methyl sites for hydroxylation is 3. The molecule has 0 saturated heterocycles. The molecule has 0 saturated carbocycles. The van der Waals surface area contributed by atoms with Crippen LogP contribution in [0.3, 0.4) is 0 Å². The van der Waals surface area contributed by atoms with E-state index in [0.29, 0.717) is 5.75 Å². The van der Waals surface area contributed by atoms with Crippen molar-refractivity contribution in [1.82, 2.24) is 0 Å². The summed E-state index contributed by atoms with van der Waals surface area (Å²) in [4.78, 5) is 0. The van der Waals surface area contributed by atoms with Crippen molar-refractivity contribution in [2.45, 2.75) is 74.1 Å². The Balaban J connectivity index is 0. The molecular formula is C17H32O. The molecule has 0 spiro atoms. The molecule has 1 N–H and O–H groups in total. The Morgan fingerprint density at radius 3 is 1.44 bits per heavy atom. The van der Waals surface area contributed by atoms with Crippen molar-refractivity contribution in [2.75, 3.05) is 0 Å². The Morgan fingerprint density at radius 1 is 0.833 bits per heavy atom. The van der Waals surface area contributed by atoms with Gasteiger partial charge in [0, 0.05) is 0 Å². The molecule has 0 aromatic heterocycles. The molecule has 106 valence electrons. The number of hydrogen-bond donors (Lipinski definition) is 1. The summed E-state index contributed by atoms with van der Waals surface area (Å²) in [6.45, 7) is 14.6. The van der Waals surface area contributed by atoms with Crippen LogP contribution in [0.1, 0.15) is 70.6 Å². The van der Waals surface area contributed by atoms with Gasteiger partial charge in [0.15, 0.2) is 0 Å². The third kappa shape index (κ3) is 9.09. The fourth-order valence-electron chi connectivity index (χ4n) is 1.48. The topological polar surface area (TPSA) is 20.2 Å². The predicted octanol–water partition coefficient (Wildman–Crippen LogP) is 5.79. The molecule has 0 aliphatic rings. The fraction of sp³-hybridized carbons (Fsp3) is 0.647. The zero-order chi connectivity index (χ0) is 14.6. The molecule has 1 aromatic carbocycles. The van der Waals surface area contributed by atoms with Gasteiger partial charge in [-0.25, -0.2) is 0 Å². The quantitative estimate of drug-likeness (QED) is 0.706. The molecule has 0 radical (unpaired) electrons. The highest BCUT2D eigenvalue weighted by Gasteiger charge is 2.01. The van der Waals surface area contributed by atoms with E-state index in [1.165, 1.54) is 18.4 Å². The highest BCUT2D eigenvalue weighted by molar-refractivity contribution is 5.42. The first-order valence-corrected chi connectivity index (χ1v) is 7.27. The first kappa shape index (κ1) is 19.4. The zero-order valence-corrected chi connectivity index (χ0v) is 13.4. The number of phenolic OH excluding ortho intramolecular Hbond substituents is 1. The SMILES string of the molecule is CCC.CCC.CCCc1cc(C)c(O)c(C)c1. The fourth-order valence-corrected chi connectivity index (χ4v) is 1.48. The number of benzene rings is 1. The van der Waals surface area contributed by atoms with Gasteiger partial charge in [-0.05, 0) is 37.0 Å². The van der Waals surface area contributed by atoms with Crippen LogP contribution in [0.5, 0.6) is 5.75 Å². The number of aromatic hydroxyl groups is 1. The molecule has 0 atom stereocenters. The van der Waals surface area contributed by atoms with Gasteiger partial charge in [-0.2, -0.15) is 0 Å². The summed E-state index contributed by atoms with van der Waals surface area (Å²) in [6, 6.07) is 4.12. The molecule has 0 bridgehead atoms. The monoisotopic (exact) mass is 252 g/mol. The maximum absolute atomic E-state index is 9.50. The Kier molecular flexibility index (Phi) is 13.4. The molecule has 0 amide bonds. The van der Waals surface area contributed by atoms with Gasteiger partial charge in [-0.1, -0.05) is 66.0 Å². The third-order valence-electron chi connectivity index (χ3n) is 2.09. The molecule has 1 rings (SSSR count). The van der Waals surface area contributed by atoms with E-state index < -0.39 is 0 Å². The lowest BCUT2D eigenvalue weighted by Crippen LogP contribution is -1.87. The standard InChI is InChI=1S/C11H16O.2C3H8/c1-4-5-10-6-8(2)11(12)9(3)7-10;2*1-3-2/h6-7,12H,4-5H2,1-3H3;2*3H2,1-2H3. The van der Waals surface area contributed by atoms with E-state index in [1.54, 1.807) is 0 Å².